The van der Waals surface area contributed by atoms with Crippen LogP contribution in [0, 0.1) is 0 Å². The number of benzene rings is 1. The van der Waals surface area contributed by atoms with Gasteiger partial charge in [-0.05, 0) is 19.1 Å². The lowest BCUT2D eigenvalue weighted by molar-refractivity contribution is -0.181. The maximum atomic E-state index is 12.8. The molecule has 2 heterocycles. The molecule has 1 unspecified atom stereocenters. The molecule has 3 rings (SSSR count). The fraction of sp³-hybridized carbons (Fsp3) is 0.412. The Morgan fingerprint density at radius 3 is 2.38 bits per heavy atom. The Morgan fingerprint density at radius 1 is 1.12 bits per heavy atom. The fourth-order valence-electron chi connectivity index (χ4n) is 2.82. The molecule has 0 spiro atoms. The van der Waals surface area contributed by atoms with Crippen molar-refractivity contribution >= 4 is 11.8 Å². The van der Waals surface area contributed by atoms with Crippen molar-refractivity contribution in [2.75, 3.05) is 31.5 Å². The molecule has 0 bridgehead atoms. The highest BCUT2D eigenvalue weighted by Crippen LogP contribution is 2.25. The molecular weight excluding hydrogens is 347 g/mol. The Balaban J connectivity index is 1.55. The zero-order chi connectivity index (χ0) is 18.7. The fourth-order valence-corrected chi connectivity index (χ4v) is 2.82. The van der Waals surface area contributed by atoms with E-state index in [9.17, 15) is 18.0 Å². The zero-order valence-electron chi connectivity index (χ0n) is 14.3. The number of urea groups is 1. The van der Waals surface area contributed by atoms with Gasteiger partial charge in [-0.1, -0.05) is 18.2 Å². The number of carbonyl (C=O) groups excluding carboxylic acids is 1. The predicted octanol–water partition coefficient (Wildman–Crippen LogP) is 2.97. The van der Waals surface area contributed by atoms with Crippen molar-refractivity contribution in [1.82, 2.24) is 19.6 Å². The average Bonchev–Trinajstić information content (AvgIpc) is 3.09. The summed E-state index contributed by atoms with van der Waals surface area (Å²) in [5.74, 6) is 0.393. The minimum Gasteiger partial charge on any atom is -0.322 e. The third-order valence-electron chi connectivity index (χ3n) is 4.47. The van der Waals surface area contributed by atoms with Gasteiger partial charge in [0.05, 0.1) is 5.69 Å². The maximum absolute atomic E-state index is 12.8. The second-order valence-electron chi connectivity index (χ2n) is 6.15. The molecule has 140 valence electrons. The highest BCUT2D eigenvalue weighted by molar-refractivity contribution is 5.88. The van der Waals surface area contributed by atoms with Crippen LogP contribution < -0.4 is 5.32 Å². The molecule has 1 atom stereocenters. The van der Waals surface area contributed by atoms with Crippen LogP contribution in [0.4, 0.5) is 23.8 Å². The van der Waals surface area contributed by atoms with Crippen molar-refractivity contribution in [3.63, 3.8) is 0 Å². The highest BCUT2D eigenvalue weighted by Gasteiger charge is 2.41. The third-order valence-corrected chi connectivity index (χ3v) is 4.47. The molecule has 2 amide bonds. The van der Waals surface area contributed by atoms with Gasteiger partial charge in [0.15, 0.2) is 5.82 Å². The number of piperazine rings is 1. The van der Waals surface area contributed by atoms with E-state index >= 15 is 0 Å². The van der Waals surface area contributed by atoms with Crippen molar-refractivity contribution < 1.29 is 18.0 Å². The van der Waals surface area contributed by atoms with E-state index in [-0.39, 0.29) is 32.2 Å². The van der Waals surface area contributed by atoms with Crippen LogP contribution in [0.25, 0.3) is 5.69 Å². The molecule has 1 aromatic carbocycles. The molecular formula is C17H20F3N5O. The van der Waals surface area contributed by atoms with Crippen molar-refractivity contribution in [3.05, 3.63) is 42.6 Å². The summed E-state index contributed by atoms with van der Waals surface area (Å²) >= 11 is 0. The van der Waals surface area contributed by atoms with Gasteiger partial charge in [0.2, 0.25) is 0 Å². The first-order valence-electron chi connectivity index (χ1n) is 8.32. The van der Waals surface area contributed by atoms with Crippen molar-refractivity contribution in [1.29, 1.82) is 0 Å². The molecule has 1 fully saturated rings. The topological polar surface area (TPSA) is 53.4 Å². The molecule has 1 saturated heterocycles. The van der Waals surface area contributed by atoms with E-state index in [2.05, 4.69) is 10.4 Å². The van der Waals surface area contributed by atoms with Crippen molar-refractivity contribution in [2.45, 2.75) is 19.1 Å². The molecule has 0 aliphatic carbocycles. The number of rotatable bonds is 3. The van der Waals surface area contributed by atoms with E-state index < -0.39 is 12.2 Å². The van der Waals surface area contributed by atoms with E-state index in [0.717, 1.165) is 12.6 Å². The van der Waals surface area contributed by atoms with Crippen LogP contribution >= 0.6 is 0 Å². The lowest BCUT2D eigenvalue weighted by atomic mass is 10.2. The van der Waals surface area contributed by atoms with Crippen molar-refractivity contribution in [2.24, 2.45) is 0 Å². The van der Waals surface area contributed by atoms with Crippen LogP contribution in [0.3, 0.4) is 0 Å². The number of carbonyl (C=O) groups is 1. The standard InChI is InChI=1S/C17H20F3N5O/c1-13(17(18,19)20)23-9-11-24(12-10-23)16(26)21-15-7-8-25(22-15)14-5-3-2-4-6-14/h2-8,13H,9-12H2,1H3,(H,21,22,26). The van der Waals surface area contributed by atoms with E-state index in [1.807, 2.05) is 30.3 Å². The van der Waals surface area contributed by atoms with Crippen molar-refractivity contribution in [3.8, 4) is 5.69 Å². The summed E-state index contributed by atoms with van der Waals surface area (Å²) in [4.78, 5) is 15.2. The molecule has 9 heteroatoms. The SMILES string of the molecule is CC(N1CCN(C(=O)Nc2ccn(-c3ccccc3)n2)CC1)C(F)(F)F. The summed E-state index contributed by atoms with van der Waals surface area (Å²) in [6.07, 6.45) is -2.53. The van der Waals surface area contributed by atoms with Gasteiger partial charge in [-0.15, -0.1) is 5.10 Å². The van der Waals surface area contributed by atoms with Gasteiger partial charge in [0.1, 0.15) is 6.04 Å². The van der Waals surface area contributed by atoms with Gasteiger partial charge in [-0.3, -0.25) is 10.2 Å². The van der Waals surface area contributed by atoms with E-state index in [0.29, 0.717) is 5.82 Å². The molecule has 1 aromatic heterocycles. The largest absolute Gasteiger partial charge is 0.403 e. The van der Waals surface area contributed by atoms with Crippen LogP contribution in [0.5, 0.6) is 0 Å². The van der Waals surface area contributed by atoms with Crippen LogP contribution in [0.1, 0.15) is 6.92 Å². The summed E-state index contributed by atoms with van der Waals surface area (Å²) in [6, 6.07) is 9.26. The lowest BCUT2D eigenvalue weighted by Gasteiger charge is -2.38. The smallest absolute Gasteiger partial charge is 0.322 e. The number of halogens is 3. The number of aromatic nitrogens is 2. The molecule has 1 aliphatic heterocycles. The number of nitrogens with one attached hydrogen (secondary N) is 1. The van der Waals surface area contributed by atoms with E-state index in [1.165, 1.54) is 9.80 Å². The number of alkyl halides is 3. The monoisotopic (exact) mass is 367 g/mol. The molecule has 1 N–H and O–H groups in total. The van der Waals surface area contributed by atoms with Gasteiger partial charge < -0.3 is 4.90 Å². The molecule has 6 nitrogen and oxygen atoms in total. The summed E-state index contributed by atoms with van der Waals surface area (Å²) in [5.41, 5.74) is 0.864. The van der Waals surface area contributed by atoms with Gasteiger partial charge in [0, 0.05) is 38.4 Å². The second kappa shape index (κ2) is 7.36. The van der Waals surface area contributed by atoms with Gasteiger partial charge in [-0.2, -0.15) is 13.2 Å². The first kappa shape index (κ1) is 18.2. The summed E-state index contributed by atoms with van der Waals surface area (Å²) < 4.78 is 40.0. The molecule has 2 aromatic rings. The summed E-state index contributed by atoms with van der Waals surface area (Å²) in [7, 11) is 0. The number of para-hydroxylation sites is 1. The molecule has 26 heavy (non-hydrogen) atoms. The third kappa shape index (κ3) is 4.16. The molecule has 0 radical (unpaired) electrons. The number of hydrogen-bond acceptors (Lipinski definition) is 3. The van der Waals surface area contributed by atoms with Crippen LogP contribution in [0.2, 0.25) is 0 Å². The predicted molar refractivity (Wildman–Crippen MR) is 91.2 cm³/mol. The maximum Gasteiger partial charge on any atom is 0.403 e. The Kier molecular flexibility index (Phi) is 5.17. The number of anilines is 1. The minimum absolute atomic E-state index is 0.187. The van der Waals surface area contributed by atoms with Gasteiger partial charge in [0.25, 0.3) is 0 Å². The number of amides is 2. The Hall–Kier alpha value is -2.55. The zero-order valence-corrected chi connectivity index (χ0v) is 14.3. The highest BCUT2D eigenvalue weighted by atomic mass is 19.4. The van der Waals surface area contributed by atoms with E-state index in [1.54, 1.807) is 16.9 Å². The average molecular weight is 367 g/mol. The number of nitrogens with zero attached hydrogens (tertiary/aromatic N) is 4. The quantitative estimate of drug-likeness (QED) is 0.908. The Labute approximate surface area is 149 Å². The van der Waals surface area contributed by atoms with Gasteiger partial charge >= 0.3 is 12.2 Å². The van der Waals surface area contributed by atoms with Crippen LogP contribution in [-0.2, 0) is 0 Å². The molecule has 0 saturated carbocycles. The van der Waals surface area contributed by atoms with Crippen LogP contribution in [-0.4, -0.2) is 64.0 Å². The Morgan fingerprint density at radius 2 is 1.77 bits per heavy atom. The number of hydrogen-bond donors (Lipinski definition) is 1. The minimum atomic E-state index is -4.26. The summed E-state index contributed by atoms with van der Waals surface area (Å²) in [5, 5.41) is 6.98. The second-order valence-corrected chi connectivity index (χ2v) is 6.15. The summed E-state index contributed by atoms with van der Waals surface area (Å²) in [6.45, 7) is 2.00. The van der Waals surface area contributed by atoms with E-state index in [4.69, 9.17) is 0 Å². The van der Waals surface area contributed by atoms with Gasteiger partial charge in [-0.25, -0.2) is 9.48 Å². The normalized spacial score (nSPS) is 17.2. The Bertz CT molecular complexity index is 738. The first-order chi connectivity index (χ1) is 12.3. The lowest BCUT2D eigenvalue weighted by Crippen LogP contribution is -2.55. The van der Waals surface area contributed by atoms with Crippen LogP contribution in [0.15, 0.2) is 42.6 Å². The first-order valence-corrected chi connectivity index (χ1v) is 8.32. The molecule has 1 aliphatic rings.